The molecule has 0 aliphatic heterocycles. The molecule has 7 nitrogen and oxygen atoms in total. The van der Waals surface area contributed by atoms with E-state index in [0.29, 0.717) is 33.7 Å². The second-order valence-electron chi connectivity index (χ2n) is 7.01. The van der Waals surface area contributed by atoms with Gasteiger partial charge < -0.3 is 18.9 Å². The van der Waals surface area contributed by atoms with Gasteiger partial charge >= 0.3 is 5.97 Å². The fourth-order valence-electron chi connectivity index (χ4n) is 3.52. The van der Waals surface area contributed by atoms with Crippen LogP contribution in [0.2, 0.25) is 0 Å². The second kappa shape index (κ2) is 7.58. The summed E-state index contributed by atoms with van der Waals surface area (Å²) in [6.07, 6.45) is -1.05. The number of Topliss-reactive ketones (excluding diaryl/α,β-unsaturated/α-hetero) is 2. The molecule has 1 aromatic carbocycles. The molecule has 0 saturated heterocycles. The van der Waals surface area contributed by atoms with Crippen LogP contribution in [0.4, 0.5) is 0 Å². The van der Waals surface area contributed by atoms with Crippen molar-refractivity contribution in [1.29, 1.82) is 0 Å². The molecule has 7 heteroatoms. The Labute approximate surface area is 168 Å². The van der Waals surface area contributed by atoms with Crippen LogP contribution in [-0.4, -0.2) is 35.7 Å². The minimum atomic E-state index is -1.05. The molecule has 0 amide bonds. The number of furan rings is 1. The number of fused-ring (bicyclic) bond motifs is 1. The monoisotopic (exact) mass is 397 g/mol. The van der Waals surface area contributed by atoms with Crippen molar-refractivity contribution in [3.8, 4) is 5.75 Å². The van der Waals surface area contributed by atoms with E-state index in [0.717, 1.165) is 5.39 Å². The standard InChI is InChI=1S/C22H23NO6/c1-10-16-9-15(27-6)7-8-17(16)29-21(10)22(26)28-14(5)20(25)19-11(2)18(13(4)24)12(3)23-19/h7-9,14,23H,1-6H3/t14-/m1/s1. The Morgan fingerprint density at radius 2 is 1.79 bits per heavy atom. The first-order valence-corrected chi connectivity index (χ1v) is 9.18. The molecule has 2 heterocycles. The summed E-state index contributed by atoms with van der Waals surface area (Å²) in [4.78, 5) is 40.2. The Kier molecular flexibility index (Phi) is 5.33. The molecule has 1 N–H and O–H groups in total. The van der Waals surface area contributed by atoms with Crippen LogP contribution in [0.25, 0.3) is 11.0 Å². The number of ketones is 2. The third-order valence-corrected chi connectivity index (χ3v) is 5.02. The third kappa shape index (κ3) is 3.55. The first-order chi connectivity index (χ1) is 13.6. The molecule has 3 rings (SSSR count). The minimum Gasteiger partial charge on any atom is -0.497 e. The van der Waals surface area contributed by atoms with Crippen molar-refractivity contribution in [3.63, 3.8) is 0 Å². The van der Waals surface area contributed by atoms with Crippen molar-refractivity contribution in [2.75, 3.05) is 7.11 Å². The molecule has 0 unspecified atom stereocenters. The van der Waals surface area contributed by atoms with Crippen molar-refractivity contribution in [2.45, 2.75) is 40.7 Å². The molecule has 3 aromatic rings. The molecule has 0 radical (unpaired) electrons. The summed E-state index contributed by atoms with van der Waals surface area (Å²) in [7, 11) is 1.56. The van der Waals surface area contributed by atoms with Gasteiger partial charge in [-0.1, -0.05) is 0 Å². The summed E-state index contributed by atoms with van der Waals surface area (Å²) in [6.45, 7) is 8.10. The molecule has 0 spiro atoms. The number of carbonyl (C=O) groups excluding carboxylic acids is 3. The summed E-state index contributed by atoms with van der Waals surface area (Å²) < 4.78 is 16.2. The lowest BCUT2D eigenvalue weighted by molar-refractivity contribution is 0.0288. The SMILES string of the molecule is COc1ccc2oc(C(=O)O[C@H](C)C(=O)c3[nH]c(C)c(C(C)=O)c3C)c(C)c2c1. The number of H-pyrrole nitrogens is 1. The molecule has 29 heavy (non-hydrogen) atoms. The Balaban J connectivity index is 1.85. The maximum atomic E-state index is 12.8. The van der Waals surface area contributed by atoms with Crippen LogP contribution in [0.1, 0.15) is 62.1 Å². The molecule has 0 aliphatic rings. The summed E-state index contributed by atoms with van der Waals surface area (Å²) in [5.41, 5.74) is 3.03. The minimum absolute atomic E-state index is 0.0386. The van der Waals surface area contributed by atoms with Crippen molar-refractivity contribution in [3.05, 3.63) is 52.0 Å². The van der Waals surface area contributed by atoms with Crippen molar-refractivity contribution in [2.24, 2.45) is 0 Å². The van der Waals surface area contributed by atoms with Gasteiger partial charge in [0.25, 0.3) is 0 Å². The van der Waals surface area contributed by atoms with Crippen LogP contribution in [0.15, 0.2) is 22.6 Å². The van der Waals surface area contributed by atoms with E-state index in [-0.39, 0.29) is 17.2 Å². The number of ether oxygens (including phenoxy) is 2. The molecule has 0 aliphatic carbocycles. The maximum Gasteiger partial charge on any atom is 0.375 e. The number of carbonyl (C=O) groups is 3. The highest BCUT2D eigenvalue weighted by atomic mass is 16.6. The number of esters is 1. The number of aryl methyl sites for hydroxylation is 2. The highest BCUT2D eigenvalue weighted by molar-refractivity contribution is 6.06. The normalized spacial score (nSPS) is 12.1. The Morgan fingerprint density at radius 3 is 2.38 bits per heavy atom. The zero-order valence-corrected chi connectivity index (χ0v) is 17.3. The van der Waals surface area contributed by atoms with Gasteiger partial charge in [-0.25, -0.2) is 4.79 Å². The van der Waals surface area contributed by atoms with E-state index in [1.807, 2.05) is 0 Å². The number of benzene rings is 1. The number of hydrogen-bond donors (Lipinski definition) is 1. The Bertz CT molecular complexity index is 1130. The van der Waals surface area contributed by atoms with E-state index in [2.05, 4.69) is 4.98 Å². The maximum absolute atomic E-state index is 12.8. The predicted octanol–water partition coefficient (Wildman–Crippen LogP) is 4.33. The van der Waals surface area contributed by atoms with Gasteiger partial charge in [-0.15, -0.1) is 0 Å². The molecule has 1 atom stereocenters. The zero-order chi connectivity index (χ0) is 21.5. The first kappa shape index (κ1) is 20.4. The smallest absolute Gasteiger partial charge is 0.375 e. The van der Waals surface area contributed by atoms with Crippen LogP contribution in [0.3, 0.4) is 0 Å². The average molecular weight is 397 g/mol. The highest BCUT2D eigenvalue weighted by Crippen LogP contribution is 2.29. The number of nitrogens with one attached hydrogen (secondary N) is 1. The van der Waals surface area contributed by atoms with Crippen molar-refractivity contribution in [1.82, 2.24) is 4.98 Å². The first-order valence-electron chi connectivity index (χ1n) is 9.18. The number of hydrogen-bond acceptors (Lipinski definition) is 6. The van der Waals surface area contributed by atoms with Gasteiger partial charge in [0, 0.05) is 22.2 Å². The zero-order valence-electron chi connectivity index (χ0n) is 17.3. The van der Waals surface area contributed by atoms with Crippen LogP contribution < -0.4 is 4.74 Å². The van der Waals surface area contributed by atoms with Gasteiger partial charge in [-0.05, 0) is 58.4 Å². The van der Waals surface area contributed by atoms with Gasteiger partial charge in [0.05, 0.1) is 12.8 Å². The summed E-state index contributed by atoms with van der Waals surface area (Å²) in [5.74, 6) is -0.596. The lowest BCUT2D eigenvalue weighted by Crippen LogP contribution is -2.25. The second-order valence-corrected chi connectivity index (χ2v) is 7.01. The van der Waals surface area contributed by atoms with E-state index in [1.54, 1.807) is 46.1 Å². The summed E-state index contributed by atoms with van der Waals surface area (Å²) in [6, 6.07) is 5.21. The van der Waals surface area contributed by atoms with E-state index in [1.165, 1.54) is 13.8 Å². The molecule has 0 saturated carbocycles. The quantitative estimate of drug-likeness (QED) is 0.491. The Hall–Kier alpha value is -3.35. The fraction of sp³-hybridized carbons (Fsp3) is 0.318. The van der Waals surface area contributed by atoms with Gasteiger partial charge in [0.2, 0.25) is 11.5 Å². The number of methoxy groups -OCH3 is 1. The topological polar surface area (TPSA) is 98.6 Å². The predicted molar refractivity (Wildman–Crippen MR) is 107 cm³/mol. The van der Waals surface area contributed by atoms with E-state index in [4.69, 9.17) is 13.9 Å². The van der Waals surface area contributed by atoms with E-state index in [9.17, 15) is 14.4 Å². The van der Waals surface area contributed by atoms with Crippen LogP contribution in [0.5, 0.6) is 5.75 Å². The average Bonchev–Trinajstić information content (AvgIpc) is 3.16. The van der Waals surface area contributed by atoms with Crippen LogP contribution >= 0.6 is 0 Å². The summed E-state index contributed by atoms with van der Waals surface area (Å²) in [5, 5.41) is 0.734. The van der Waals surface area contributed by atoms with Gasteiger partial charge in [0.1, 0.15) is 11.3 Å². The highest BCUT2D eigenvalue weighted by Gasteiger charge is 2.28. The molecular formula is C22H23NO6. The molecule has 0 bridgehead atoms. The van der Waals surface area contributed by atoms with Crippen LogP contribution in [-0.2, 0) is 4.74 Å². The fourth-order valence-corrected chi connectivity index (χ4v) is 3.52. The number of rotatable bonds is 6. The van der Waals surface area contributed by atoms with E-state index < -0.39 is 17.9 Å². The third-order valence-electron chi connectivity index (χ3n) is 5.02. The van der Waals surface area contributed by atoms with Gasteiger partial charge in [-0.2, -0.15) is 0 Å². The lowest BCUT2D eigenvalue weighted by atomic mass is 10.0. The van der Waals surface area contributed by atoms with Crippen LogP contribution in [0, 0.1) is 20.8 Å². The number of aromatic nitrogens is 1. The molecule has 2 aromatic heterocycles. The summed E-state index contributed by atoms with van der Waals surface area (Å²) >= 11 is 0. The van der Waals surface area contributed by atoms with E-state index >= 15 is 0 Å². The lowest BCUT2D eigenvalue weighted by Gasteiger charge is -2.11. The molecule has 152 valence electrons. The number of aromatic amines is 1. The van der Waals surface area contributed by atoms with Crippen molar-refractivity contribution < 1.29 is 28.3 Å². The van der Waals surface area contributed by atoms with Gasteiger partial charge in [-0.3, -0.25) is 9.59 Å². The Morgan fingerprint density at radius 1 is 1.10 bits per heavy atom. The largest absolute Gasteiger partial charge is 0.497 e. The van der Waals surface area contributed by atoms with Crippen molar-refractivity contribution >= 4 is 28.5 Å². The van der Waals surface area contributed by atoms with Gasteiger partial charge in [0.15, 0.2) is 11.9 Å². The molecule has 0 fully saturated rings. The molecular weight excluding hydrogens is 374 g/mol.